The van der Waals surface area contributed by atoms with E-state index in [-0.39, 0.29) is 6.71 Å². The highest BCUT2D eigenvalue weighted by molar-refractivity contribution is 7.00. The summed E-state index contributed by atoms with van der Waals surface area (Å²) in [7, 11) is 0. The van der Waals surface area contributed by atoms with E-state index in [0.717, 1.165) is 11.4 Å². The molecule has 0 bridgehead atoms. The van der Waals surface area contributed by atoms with Crippen LogP contribution in [0.15, 0.2) is 291 Å². The van der Waals surface area contributed by atoms with E-state index in [4.69, 9.17) is 0 Å². The zero-order valence-corrected chi connectivity index (χ0v) is 40.2. The number of para-hydroxylation sites is 1. The highest BCUT2D eigenvalue weighted by Crippen LogP contribution is 2.49. The van der Waals surface area contributed by atoms with Gasteiger partial charge in [-0.05, 0) is 116 Å². The molecular weight excluding hydrogens is 868 g/mol. The van der Waals surface area contributed by atoms with Gasteiger partial charge in [0.05, 0.1) is 10.8 Å². The fraction of sp³-hybridized carbons (Fsp3) is 0.0435. The number of aryl methyl sites for hydroxylation is 1. The van der Waals surface area contributed by atoms with Gasteiger partial charge in [-0.15, -0.1) is 0 Å². The third-order valence-corrected chi connectivity index (χ3v) is 15.4. The summed E-state index contributed by atoms with van der Waals surface area (Å²) in [5, 5.41) is 0. The molecule has 0 saturated heterocycles. The van der Waals surface area contributed by atoms with Crippen LogP contribution in [-0.4, -0.2) is 6.71 Å². The molecule has 0 fully saturated rings. The van der Waals surface area contributed by atoms with Crippen molar-refractivity contribution in [1.82, 2.24) is 0 Å². The predicted octanol–water partition coefficient (Wildman–Crippen LogP) is 14.8. The Labute approximate surface area is 423 Å². The van der Waals surface area contributed by atoms with E-state index in [0.29, 0.717) is 0 Å². The minimum Gasteiger partial charge on any atom is -0.311 e. The predicted molar refractivity (Wildman–Crippen MR) is 302 cm³/mol. The quantitative estimate of drug-likeness (QED) is 0.0996. The molecule has 0 N–H and O–H groups in total. The molecule has 2 aliphatic rings. The first-order valence-corrected chi connectivity index (χ1v) is 25.1. The number of anilines is 6. The minimum atomic E-state index is -0.543. The van der Waals surface area contributed by atoms with Crippen LogP contribution < -0.4 is 26.2 Å². The van der Waals surface area contributed by atoms with Gasteiger partial charge in [0.15, 0.2) is 0 Å². The van der Waals surface area contributed by atoms with Crippen molar-refractivity contribution in [3.63, 3.8) is 0 Å². The molecule has 11 aromatic rings. The standard InChI is InChI=1S/C69H51BN2/c1-50-39-48-64-62(49-50)70-61-35-20-21-36-63(61)71(59-44-40-57(41-45-59)68(51-23-8-2-9-24-51,52-25-10-3-11-26-52)53-27-12-4-13-28-53)65-37-22-38-66(67(65)70)72(64)60-46-42-58(43-47-60)69(54-29-14-5-15-30-54,55-31-16-6-17-32-55)56-33-18-7-19-34-56/h2-49H,1H3. The summed E-state index contributed by atoms with van der Waals surface area (Å²) in [5.41, 5.74) is 20.9. The van der Waals surface area contributed by atoms with Crippen LogP contribution in [0.2, 0.25) is 0 Å². The SMILES string of the molecule is Cc1ccc2c(c1)B1c3ccccc3N(c3ccc(C(c4ccccc4)(c4ccccc4)c4ccccc4)cc3)c3cccc(c31)N2c1ccc(C(c2ccccc2)(c2ccccc2)c2ccccc2)cc1. The summed E-state index contributed by atoms with van der Waals surface area (Å²) >= 11 is 0. The van der Waals surface area contributed by atoms with Gasteiger partial charge in [-0.1, -0.05) is 248 Å². The van der Waals surface area contributed by atoms with Crippen LogP contribution in [0.1, 0.15) is 50.1 Å². The fourth-order valence-electron chi connectivity index (χ4n) is 12.4. The lowest BCUT2D eigenvalue weighted by molar-refractivity contribution is 0.745. The van der Waals surface area contributed by atoms with Crippen LogP contribution >= 0.6 is 0 Å². The fourth-order valence-corrected chi connectivity index (χ4v) is 12.4. The molecule has 0 spiro atoms. The van der Waals surface area contributed by atoms with E-state index >= 15 is 0 Å². The maximum atomic E-state index is 2.51. The number of benzene rings is 11. The van der Waals surface area contributed by atoms with Crippen molar-refractivity contribution in [2.45, 2.75) is 17.8 Å². The molecule has 0 saturated carbocycles. The van der Waals surface area contributed by atoms with Crippen LogP contribution in [0.5, 0.6) is 0 Å². The van der Waals surface area contributed by atoms with E-state index in [2.05, 4.69) is 308 Å². The van der Waals surface area contributed by atoms with Crippen molar-refractivity contribution < 1.29 is 0 Å². The van der Waals surface area contributed by atoms with Gasteiger partial charge in [0, 0.05) is 34.1 Å². The van der Waals surface area contributed by atoms with Gasteiger partial charge in [-0.2, -0.15) is 0 Å². The van der Waals surface area contributed by atoms with Crippen LogP contribution in [0.3, 0.4) is 0 Å². The van der Waals surface area contributed by atoms with Crippen molar-refractivity contribution in [3.05, 3.63) is 341 Å². The molecule has 2 heterocycles. The van der Waals surface area contributed by atoms with E-state index in [1.807, 2.05) is 0 Å². The van der Waals surface area contributed by atoms with E-state index in [9.17, 15) is 0 Å². The van der Waals surface area contributed by atoms with Crippen LogP contribution in [0.4, 0.5) is 34.1 Å². The Kier molecular flexibility index (Phi) is 10.7. The molecule has 2 aliphatic heterocycles. The van der Waals surface area contributed by atoms with Crippen LogP contribution in [0, 0.1) is 6.92 Å². The molecule has 0 aliphatic carbocycles. The second-order valence-corrected chi connectivity index (χ2v) is 19.2. The summed E-state index contributed by atoms with van der Waals surface area (Å²) in [6, 6.07) is 108. The summed E-state index contributed by atoms with van der Waals surface area (Å²) in [6.07, 6.45) is 0. The molecule has 2 nitrogen and oxygen atoms in total. The first-order valence-electron chi connectivity index (χ1n) is 25.1. The van der Waals surface area contributed by atoms with Gasteiger partial charge in [-0.25, -0.2) is 0 Å². The molecule has 0 aromatic heterocycles. The van der Waals surface area contributed by atoms with Gasteiger partial charge < -0.3 is 9.80 Å². The Bertz CT molecular complexity index is 3470. The van der Waals surface area contributed by atoms with Crippen molar-refractivity contribution in [2.24, 2.45) is 0 Å². The van der Waals surface area contributed by atoms with Crippen molar-refractivity contribution in [1.29, 1.82) is 0 Å². The monoisotopic (exact) mass is 918 g/mol. The maximum Gasteiger partial charge on any atom is 0.252 e. The third kappa shape index (κ3) is 6.73. The zero-order chi connectivity index (χ0) is 48.1. The zero-order valence-electron chi connectivity index (χ0n) is 40.2. The Hall–Kier alpha value is -8.92. The average molecular weight is 919 g/mol. The van der Waals surface area contributed by atoms with Crippen molar-refractivity contribution in [2.75, 3.05) is 9.80 Å². The van der Waals surface area contributed by atoms with Gasteiger partial charge in [-0.3, -0.25) is 0 Å². The number of fused-ring (bicyclic) bond motifs is 4. The molecule has 0 radical (unpaired) electrons. The highest BCUT2D eigenvalue weighted by atomic mass is 15.2. The number of hydrogen-bond acceptors (Lipinski definition) is 2. The second-order valence-electron chi connectivity index (χ2n) is 19.2. The third-order valence-electron chi connectivity index (χ3n) is 15.4. The molecule has 0 unspecified atom stereocenters. The van der Waals surface area contributed by atoms with E-state index < -0.39 is 10.8 Å². The smallest absolute Gasteiger partial charge is 0.252 e. The van der Waals surface area contributed by atoms with Gasteiger partial charge >= 0.3 is 0 Å². The van der Waals surface area contributed by atoms with E-state index in [1.54, 1.807) is 0 Å². The first kappa shape index (κ1) is 43.1. The lowest BCUT2D eigenvalue weighted by Crippen LogP contribution is -2.61. The topological polar surface area (TPSA) is 6.48 Å². The number of rotatable bonds is 10. The van der Waals surface area contributed by atoms with Crippen LogP contribution in [0.25, 0.3) is 0 Å². The molecule has 13 rings (SSSR count). The Morgan fingerprint density at radius 3 is 0.944 bits per heavy atom. The average Bonchev–Trinajstić information content (AvgIpc) is 3.46. The Morgan fingerprint density at radius 1 is 0.264 bits per heavy atom. The normalized spacial score (nSPS) is 12.7. The summed E-state index contributed by atoms with van der Waals surface area (Å²) in [4.78, 5) is 5.01. The van der Waals surface area contributed by atoms with Gasteiger partial charge in [0.25, 0.3) is 6.71 Å². The molecule has 340 valence electrons. The van der Waals surface area contributed by atoms with E-state index in [1.165, 1.54) is 89.2 Å². The lowest BCUT2D eigenvalue weighted by atomic mass is 9.33. The van der Waals surface area contributed by atoms with Gasteiger partial charge in [0.2, 0.25) is 0 Å². The molecule has 72 heavy (non-hydrogen) atoms. The minimum absolute atomic E-state index is 0.0390. The second kappa shape index (κ2) is 17.8. The Balaban J connectivity index is 0.979. The number of hydrogen-bond donors (Lipinski definition) is 0. The summed E-state index contributed by atoms with van der Waals surface area (Å²) in [6.45, 7) is 2.26. The number of nitrogens with zero attached hydrogens (tertiary/aromatic N) is 2. The van der Waals surface area contributed by atoms with Crippen molar-refractivity contribution in [3.8, 4) is 0 Å². The van der Waals surface area contributed by atoms with Crippen LogP contribution in [-0.2, 0) is 10.8 Å². The largest absolute Gasteiger partial charge is 0.311 e. The maximum absolute atomic E-state index is 2.51. The lowest BCUT2D eigenvalue weighted by Gasteiger charge is -2.44. The molecule has 3 heteroatoms. The molecule has 0 atom stereocenters. The highest BCUT2D eigenvalue weighted by Gasteiger charge is 2.44. The molecule has 0 amide bonds. The summed E-state index contributed by atoms with van der Waals surface area (Å²) < 4.78 is 0. The van der Waals surface area contributed by atoms with Crippen molar-refractivity contribution >= 4 is 57.2 Å². The molecular formula is C69H51BN2. The first-order chi connectivity index (χ1) is 35.7. The Morgan fingerprint density at radius 2 is 0.569 bits per heavy atom. The molecule has 11 aromatic carbocycles. The summed E-state index contributed by atoms with van der Waals surface area (Å²) in [5.74, 6) is 0. The van der Waals surface area contributed by atoms with Gasteiger partial charge in [0.1, 0.15) is 0 Å².